The molecule has 1 amide bonds. The van der Waals surface area contributed by atoms with Crippen LogP contribution in [0.3, 0.4) is 0 Å². The molecule has 5 aromatic rings. The first-order valence-corrected chi connectivity index (χ1v) is 14.2. The van der Waals surface area contributed by atoms with Gasteiger partial charge in [-0.3, -0.25) is 24.0 Å². The quantitative estimate of drug-likeness (QED) is 0.294. The van der Waals surface area contributed by atoms with E-state index in [-0.39, 0.29) is 16.6 Å². The molecule has 2 bridgehead atoms. The Morgan fingerprint density at radius 2 is 1.84 bits per heavy atom. The first-order chi connectivity index (χ1) is 20.7. The van der Waals surface area contributed by atoms with Crippen LogP contribution in [0.4, 0.5) is 10.1 Å². The highest BCUT2D eigenvalue weighted by molar-refractivity contribution is 6.31. The highest BCUT2D eigenvalue weighted by Gasteiger charge is 2.25. The Hall–Kier alpha value is -4.45. The fraction of sp³-hybridized carbons (Fsp3) is 0.200. The SMILES string of the molecule is CC1C(=O)Nc2ccc(F)cc2-c2ccnc(c2)C(n2cnc(-c3cc(Cl)ccc3-n3cc(Cl)nn3)cc2=O)CCN1C. The van der Waals surface area contributed by atoms with Crippen molar-refractivity contribution < 1.29 is 9.18 Å². The number of aromatic nitrogens is 6. The van der Waals surface area contributed by atoms with Gasteiger partial charge in [0.15, 0.2) is 5.15 Å². The van der Waals surface area contributed by atoms with Gasteiger partial charge in [0.2, 0.25) is 5.91 Å². The molecule has 0 saturated heterocycles. The summed E-state index contributed by atoms with van der Waals surface area (Å²) in [5, 5.41) is 11.5. The molecule has 0 aliphatic carbocycles. The Balaban J connectivity index is 1.46. The number of hydrogen-bond acceptors (Lipinski definition) is 7. The highest BCUT2D eigenvalue weighted by Crippen LogP contribution is 2.33. The number of likely N-dealkylation sites (N-methyl/N-ethyl adjacent to an activating group) is 1. The van der Waals surface area contributed by atoms with Gasteiger partial charge >= 0.3 is 0 Å². The van der Waals surface area contributed by atoms with E-state index in [1.54, 1.807) is 49.6 Å². The van der Waals surface area contributed by atoms with Crippen molar-refractivity contribution in [3.8, 4) is 28.1 Å². The van der Waals surface area contributed by atoms with E-state index in [0.29, 0.717) is 57.4 Å². The largest absolute Gasteiger partial charge is 0.324 e. The average molecular weight is 619 g/mol. The second kappa shape index (κ2) is 11.7. The molecule has 1 N–H and O–H groups in total. The van der Waals surface area contributed by atoms with Crippen LogP contribution in [0.1, 0.15) is 25.1 Å². The molecule has 6 rings (SSSR count). The Labute approximate surface area is 255 Å². The summed E-state index contributed by atoms with van der Waals surface area (Å²) in [5.41, 5.74) is 3.45. The van der Waals surface area contributed by atoms with Gasteiger partial charge in [0.05, 0.1) is 41.7 Å². The first kappa shape index (κ1) is 28.7. The summed E-state index contributed by atoms with van der Waals surface area (Å²) >= 11 is 12.3. The molecule has 3 aromatic heterocycles. The third kappa shape index (κ3) is 5.79. The number of hydrogen-bond donors (Lipinski definition) is 1. The molecule has 4 heterocycles. The molecule has 43 heavy (non-hydrogen) atoms. The van der Waals surface area contributed by atoms with Gasteiger partial charge in [0, 0.05) is 40.6 Å². The van der Waals surface area contributed by atoms with Crippen LogP contribution in [-0.4, -0.2) is 60.0 Å². The third-order valence-corrected chi connectivity index (χ3v) is 8.00. The van der Waals surface area contributed by atoms with E-state index >= 15 is 0 Å². The molecule has 1 aliphatic heterocycles. The van der Waals surface area contributed by atoms with Gasteiger partial charge in [-0.15, -0.1) is 5.10 Å². The number of nitrogens with one attached hydrogen (secondary N) is 1. The van der Waals surface area contributed by atoms with Crippen LogP contribution in [-0.2, 0) is 4.79 Å². The minimum absolute atomic E-state index is 0.212. The maximum absolute atomic E-state index is 14.4. The van der Waals surface area contributed by atoms with Crippen LogP contribution in [0.2, 0.25) is 10.2 Å². The molecule has 218 valence electrons. The van der Waals surface area contributed by atoms with Gasteiger partial charge < -0.3 is 5.32 Å². The molecular formula is C30H25Cl2FN8O2. The zero-order valence-corrected chi connectivity index (χ0v) is 24.6. The van der Waals surface area contributed by atoms with E-state index in [1.165, 1.54) is 33.8 Å². The smallest absolute Gasteiger partial charge is 0.254 e. The number of carbonyl (C=O) groups excluding carboxylic acids is 1. The van der Waals surface area contributed by atoms with Crippen LogP contribution >= 0.6 is 23.2 Å². The topological polar surface area (TPSA) is 111 Å². The lowest BCUT2D eigenvalue weighted by Crippen LogP contribution is -2.41. The highest BCUT2D eigenvalue weighted by atomic mass is 35.5. The molecular weight excluding hydrogens is 594 g/mol. The molecule has 1 aliphatic rings. The molecule has 0 radical (unpaired) electrons. The Morgan fingerprint density at radius 3 is 2.60 bits per heavy atom. The number of anilines is 1. The van der Waals surface area contributed by atoms with Crippen molar-refractivity contribution in [1.82, 2.24) is 34.4 Å². The first-order valence-electron chi connectivity index (χ1n) is 13.4. The summed E-state index contributed by atoms with van der Waals surface area (Å²) in [4.78, 5) is 38.0. The predicted octanol–water partition coefficient (Wildman–Crippen LogP) is 5.25. The minimum atomic E-state index is -0.531. The summed E-state index contributed by atoms with van der Waals surface area (Å²) < 4.78 is 17.4. The van der Waals surface area contributed by atoms with Gasteiger partial charge in [-0.25, -0.2) is 14.1 Å². The summed E-state index contributed by atoms with van der Waals surface area (Å²) in [5.74, 6) is -0.666. The van der Waals surface area contributed by atoms with Crippen LogP contribution < -0.4 is 10.9 Å². The Morgan fingerprint density at radius 1 is 1.00 bits per heavy atom. The number of nitrogens with zero attached hydrogens (tertiary/aromatic N) is 7. The lowest BCUT2D eigenvalue weighted by Gasteiger charge is -2.28. The number of benzene rings is 2. The molecule has 13 heteroatoms. The van der Waals surface area contributed by atoms with Crippen molar-refractivity contribution in [2.24, 2.45) is 0 Å². The summed E-state index contributed by atoms with van der Waals surface area (Å²) in [6, 6.07) is 13.3. The van der Waals surface area contributed by atoms with Crippen molar-refractivity contribution in [3.05, 3.63) is 105 Å². The number of carbonyl (C=O) groups is 1. The second-order valence-electron chi connectivity index (χ2n) is 10.3. The van der Waals surface area contributed by atoms with Crippen molar-refractivity contribution >= 4 is 34.8 Å². The van der Waals surface area contributed by atoms with Gasteiger partial charge in [0.1, 0.15) is 5.82 Å². The minimum Gasteiger partial charge on any atom is -0.324 e. The van der Waals surface area contributed by atoms with E-state index in [2.05, 4.69) is 25.6 Å². The monoisotopic (exact) mass is 618 g/mol. The van der Waals surface area contributed by atoms with Gasteiger partial charge in [-0.2, -0.15) is 0 Å². The maximum atomic E-state index is 14.4. The number of fused-ring (bicyclic) bond motifs is 4. The van der Waals surface area contributed by atoms with E-state index in [4.69, 9.17) is 23.2 Å². The van der Waals surface area contributed by atoms with Gasteiger partial charge in [-0.05, 0) is 74.5 Å². The van der Waals surface area contributed by atoms with Crippen molar-refractivity contribution in [2.75, 3.05) is 18.9 Å². The standard InChI is InChI=1S/C30H25Cl2FN8O2/c1-17-30(43)36-23-5-4-20(33)13-21(23)18-7-9-34-25(11-18)27(8-10-39(17)2)40-16-35-24(14-29(40)42)22-12-19(31)3-6-26(22)41-15-28(32)37-38-41/h3-7,9,11-17,27H,8,10H2,1-2H3,(H,36,43). The van der Waals surface area contributed by atoms with Crippen LogP contribution in [0.5, 0.6) is 0 Å². The lowest BCUT2D eigenvalue weighted by molar-refractivity contribution is -0.120. The van der Waals surface area contributed by atoms with Crippen LogP contribution in [0, 0.1) is 5.82 Å². The molecule has 2 aromatic carbocycles. The number of amides is 1. The van der Waals surface area contributed by atoms with Crippen LogP contribution in [0.25, 0.3) is 28.1 Å². The third-order valence-electron chi connectivity index (χ3n) is 7.59. The van der Waals surface area contributed by atoms with Crippen molar-refractivity contribution in [1.29, 1.82) is 0 Å². The normalized spacial score (nSPS) is 17.5. The van der Waals surface area contributed by atoms with E-state index < -0.39 is 17.9 Å². The Kier molecular flexibility index (Phi) is 7.78. The number of rotatable bonds is 3. The second-order valence-corrected chi connectivity index (χ2v) is 11.1. The molecule has 10 nitrogen and oxygen atoms in total. The molecule has 2 atom stereocenters. The molecule has 0 saturated carbocycles. The lowest BCUT2D eigenvalue weighted by atomic mass is 9.99. The summed E-state index contributed by atoms with van der Waals surface area (Å²) in [6.07, 6.45) is 5.08. The predicted molar refractivity (Wildman–Crippen MR) is 162 cm³/mol. The maximum Gasteiger partial charge on any atom is 0.254 e. The van der Waals surface area contributed by atoms with E-state index in [1.807, 2.05) is 18.0 Å². The van der Waals surface area contributed by atoms with Gasteiger partial charge in [0.25, 0.3) is 5.56 Å². The van der Waals surface area contributed by atoms with Crippen LogP contribution in [0.15, 0.2) is 78.1 Å². The van der Waals surface area contributed by atoms with E-state index in [0.717, 1.165) is 0 Å². The number of halogens is 3. The summed E-state index contributed by atoms with van der Waals surface area (Å²) in [6.45, 7) is 2.27. The fourth-order valence-corrected chi connectivity index (χ4v) is 5.41. The fourth-order valence-electron chi connectivity index (χ4n) is 5.11. The van der Waals surface area contributed by atoms with Crippen molar-refractivity contribution in [3.63, 3.8) is 0 Å². The zero-order chi connectivity index (χ0) is 30.2. The molecule has 0 fully saturated rings. The molecule has 0 spiro atoms. The van der Waals surface area contributed by atoms with Gasteiger partial charge in [-0.1, -0.05) is 28.4 Å². The molecule has 2 unspecified atom stereocenters. The van der Waals surface area contributed by atoms with Crippen molar-refractivity contribution in [2.45, 2.75) is 25.4 Å². The van der Waals surface area contributed by atoms with E-state index in [9.17, 15) is 14.0 Å². The summed E-state index contributed by atoms with van der Waals surface area (Å²) in [7, 11) is 1.84. The number of pyridine rings is 1. The Bertz CT molecular complexity index is 1910. The average Bonchev–Trinajstić information content (AvgIpc) is 3.43. The zero-order valence-electron chi connectivity index (χ0n) is 23.1.